The molecule has 0 spiro atoms. The maximum absolute atomic E-state index is 12.0. The van der Waals surface area contributed by atoms with Gasteiger partial charge in [0.05, 0.1) is 24.5 Å². The third kappa shape index (κ3) is 4.71. The van der Waals surface area contributed by atoms with Crippen LogP contribution in [0.5, 0.6) is 0 Å². The molecule has 10 heteroatoms. The van der Waals surface area contributed by atoms with E-state index in [9.17, 15) is 21.6 Å². The van der Waals surface area contributed by atoms with Gasteiger partial charge >= 0.3 is 5.97 Å². The zero-order chi connectivity index (χ0) is 14.7. The topological polar surface area (TPSA) is 124 Å². The van der Waals surface area contributed by atoms with Crippen LogP contribution in [0.2, 0.25) is 0 Å². The number of esters is 1. The Labute approximate surface area is 113 Å². The van der Waals surface area contributed by atoms with E-state index in [0.717, 1.165) is 4.31 Å². The Morgan fingerprint density at radius 3 is 2.53 bits per heavy atom. The van der Waals surface area contributed by atoms with Gasteiger partial charge in [-0.3, -0.25) is 4.79 Å². The Morgan fingerprint density at radius 1 is 1.37 bits per heavy atom. The minimum Gasteiger partial charge on any atom is -0.469 e. The Kier molecular flexibility index (Phi) is 5.30. The molecule has 8 nitrogen and oxygen atoms in total. The number of hydrogen-bond acceptors (Lipinski definition) is 6. The summed E-state index contributed by atoms with van der Waals surface area (Å²) in [7, 11) is -6.25. The quantitative estimate of drug-likeness (QED) is 0.624. The van der Waals surface area contributed by atoms with E-state index in [4.69, 9.17) is 5.14 Å². The lowest BCUT2D eigenvalue weighted by atomic mass is 10.2. The first kappa shape index (κ1) is 16.3. The second-order valence-electron chi connectivity index (χ2n) is 4.35. The summed E-state index contributed by atoms with van der Waals surface area (Å²) in [5.74, 6) is -1.01. The highest BCUT2D eigenvalue weighted by Gasteiger charge is 2.34. The minimum atomic E-state index is -3.75. The summed E-state index contributed by atoms with van der Waals surface area (Å²) in [5.41, 5.74) is 0. The summed E-state index contributed by atoms with van der Waals surface area (Å²) < 4.78 is 51.9. The molecule has 1 aliphatic rings. The highest BCUT2D eigenvalue weighted by molar-refractivity contribution is 7.90. The van der Waals surface area contributed by atoms with Crippen LogP contribution in [0.3, 0.4) is 0 Å². The van der Waals surface area contributed by atoms with Gasteiger partial charge in [0.15, 0.2) is 0 Å². The van der Waals surface area contributed by atoms with Crippen molar-refractivity contribution in [2.24, 2.45) is 5.14 Å². The molecule has 1 aliphatic heterocycles. The normalized spacial score (nSPS) is 22.1. The molecule has 112 valence electrons. The molecule has 0 amide bonds. The summed E-state index contributed by atoms with van der Waals surface area (Å²) in [5, 5.41) is 4.16. The number of methoxy groups -OCH3 is 1. The number of primary sulfonamides is 1. The van der Waals surface area contributed by atoms with Gasteiger partial charge in [0.1, 0.15) is 0 Å². The van der Waals surface area contributed by atoms with E-state index < -0.39 is 37.0 Å². The first-order chi connectivity index (χ1) is 8.66. The molecule has 2 N–H and O–H groups in total. The molecule has 0 bridgehead atoms. The van der Waals surface area contributed by atoms with Crippen molar-refractivity contribution >= 4 is 26.0 Å². The number of nitrogens with two attached hydrogens (primary N) is 1. The molecule has 0 aromatic carbocycles. The third-order valence-electron chi connectivity index (χ3n) is 2.99. The van der Waals surface area contributed by atoms with Crippen molar-refractivity contribution in [1.82, 2.24) is 4.31 Å². The summed E-state index contributed by atoms with van der Waals surface area (Å²) in [4.78, 5) is 10.9. The second kappa shape index (κ2) is 6.16. The summed E-state index contributed by atoms with van der Waals surface area (Å²) in [6, 6.07) is 0. The van der Waals surface area contributed by atoms with Crippen LogP contribution < -0.4 is 5.14 Å². The van der Waals surface area contributed by atoms with Gasteiger partial charge in [-0.25, -0.2) is 26.3 Å². The zero-order valence-corrected chi connectivity index (χ0v) is 12.2. The largest absolute Gasteiger partial charge is 0.469 e. The van der Waals surface area contributed by atoms with Crippen LogP contribution in [0.4, 0.5) is 0 Å². The molecule has 0 saturated carbocycles. The lowest BCUT2D eigenvalue weighted by Gasteiger charge is -2.30. The number of sulfonamides is 2. The lowest BCUT2D eigenvalue weighted by molar-refractivity contribution is -0.140. The van der Waals surface area contributed by atoms with E-state index >= 15 is 0 Å². The number of piperidine rings is 1. The van der Waals surface area contributed by atoms with Gasteiger partial charge in [-0.2, -0.15) is 0 Å². The molecule has 1 saturated heterocycles. The third-order valence-corrected chi connectivity index (χ3v) is 6.14. The Bertz CT molecular complexity index is 527. The first-order valence-corrected chi connectivity index (χ1v) is 8.95. The molecule has 1 unspecified atom stereocenters. The SMILES string of the molecule is COC(=O)CCS(=O)(=O)N1CCCC(S(N)(=O)=O)C1. The monoisotopic (exact) mass is 314 g/mol. The molecule has 0 radical (unpaired) electrons. The van der Waals surface area contributed by atoms with Gasteiger partial charge in [-0.1, -0.05) is 0 Å². The van der Waals surface area contributed by atoms with Crippen LogP contribution in [0, 0.1) is 0 Å². The molecule has 19 heavy (non-hydrogen) atoms. The average molecular weight is 314 g/mol. The molecule has 1 heterocycles. The Balaban J connectivity index is 2.71. The fraction of sp³-hybridized carbons (Fsp3) is 0.889. The van der Waals surface area contributed by atoms with E-state index in [-0.39, 0.29) is 19.5 Å². The number of carbonyl (C=O) groups is 1. The Hall–Kier alpha value is -0.710. The Morgan fingerprint density at radius 2 is 2.00 bits per heavy atom. The lowest BCUT2D eigenvalue weighted by Crippen LogP contribution is -2.47. The number of hydrogen-bond donors (Lipinski definition) is 1. The fourth-order valence-electron chi connectivity index (χ4n) is 1.87. The summed E-state index contributed by atoms with van der Waals surface area (Å²) in [6.07, 6.45) is 0.524. The van der Waals surface area contributed by atoms with Gasteiger partial charge in [0.25, 0.3) is 0 Å². The van der Waals surface area contributed by atoms with Crippen molar-refractivity contribution in [2.45, 2.75) is 24.5 Å². The van der Waals surface area contributed by atoms with Gasteiger partial charge in [0, 0.05) is 13.1 Å². The standard InChI is InChI=1S/C9H18N2O6S2/c1-17-9(12)4-6-18(13,14)11-5-2-3-8(7-11)19(10,15)16/h8H,2-7H2,1H3,(H2,10,15,16). The van der Waals surface area contributed by atoms with Crippen molar-refractivity contribution in [3.63, 3.8) is 0 Å². The molecule has 1 atom stereocenters. The number of ether oxygens (including phenoxy) is 1. The fourth-order valence-corrected chi connectivity index (χ4v) is 4.34. The molecule has 0 aliphatic carbocycles. The van der Waals surface area contributed by atoms with Crippen LogP contribution in [0.1, 0.15) is 19.3 Å². The van der Waals surface area contributed by atoms with Crippen molar-refractivity contribution in [3.05, 3.63) is 0 Å². The number of nitrogens with zero attached hydrogens (tertiary/aromatic N) is 1. The predicted molar refractivity (Wildman–Crippen MR) is 68.1 cm³/mol. The van der Waals surface area contributed by atoms with Crippen LogP contribution in [0.25, 0.3) is 0 Å². The van der Waals surface area contributed by atoms with Gasteiger partial charge < -0.3 is 4.74 Å². The predicted octanol–water partition coefficient (Wildman–Crippen LogP) is -1.37. The molecular weight excluding hydrogens is 296 g/mol. The average Bonchev–Trinajstić information content (AvgIpc) is 2.35. The van der Waals surface area contributed by atoms with Crippen LogP contribution in [-0.2, 0) is 29.6 Å². The van der Waals surface area contributed by atoms with Crippen LogP contribution in [0.15, 0.2) is 0 Å². The zero-order valence-electron chi connectivity index (χ0n) is 10.6. The molecule has 0 aromatic rings. The van der Waals surface area contributed by atoms with E-state index in [2.05, 4.69) is 4.74 Å². The van der Waals surface area contributed by atoms with Crippen molar-refractivity contribution in [2.75, 3.05) is 26.0 Å². The van der Waals surface area contributed by atoms with Gasteiger partial charge in [-0.05, 0) is 12.8 Å². The van der Waals surface area contributed by atoms with E-state index in [1.807, 2.05) is 0 Å². The van der Waals surface area contributed by atoms with E-state index in [0.29, 0.717) is 12.8 Å². The molecule has 1 rings (SSSR count). The number of carbonyl (C=O) groups excluding carboxylic acids is 1. The van der Waals surface area contributed by atoms with Gasteiger partial charge in [0.2, 0.25) is 20.0 Å². The van der Waals surface area contributed by atoms with Crippen molar-refractivity contribution in [1.29, 1.82) is 0 Å². The van der Waals surface area contributed by atoms with Gasteiger partial charge in [-0.15, -0.1) is 0 Å². The minimum absolute atomic E-state index is 0.150. The molecule has 0 aromatic heterocycles. The molecule has 1 fully saturated rings. The number of rotatable bonds is 5. The van der Waals surface area contributed by atoms with Crippen molar-refractivity contribution < 1.29 is 26.4 Å². The van der Waals surface area contributed by atoms with E-state index in [1.165, 1.54) is 7.11 Å². The maximum atomic E-state index is 12.0. The highest BCUT2D eigenvalue weighted by Crippen LogP contribution is 2.18. The van der Waals surface area contributed by atoms with Crippen LogP contribution in [-0.4, -0.2) is 58.3 Å². The van der Waals surface area contributed by atoms with Crippen LogP contribution >= 0.6 is 0 Å². The first-order valence-electron chi connectivity index (χ1n) is 5.73. The molecular formula is C9H18N2O6S2. The smallest absolute Gasteiger partial charge is 0.306 e. The highest BCUT2D eigenvalue weighted by atomic mass is 32.2. The van der Waals surface area contributed by atoms with E-state index in [1.54, 1.807) is 0 Å². The van der Waals surface area contributed by atoms with Crippen molar-refractivity contribution in [3.8, 4) is 0 Å². The summed E-state index contributed by atoms with van der Waals surface area (Å²) >= 11 is 0. The maximum Gasteiger partial charge on any atom is 0.306 e. The second-order valence-corrected chi connectivity index (χ2v) is 8.29. The summed E-state index contributed by atoms with van der Waals surface area (Å²) in [6.45, 7) is 0.0951.